The lowest BCUT2D eigenvalue weighted by molar-refractivity contribution is 0.0337. The predicted octanol–water partition coefficient (Wildman–Crippen LogP) is 4.73. The van der Waals surface area contributed by atoms with E-state index < -0.39 is 5.97 Å². The van der Waals surface area contributed by atoms with Gasteiger partial charge in [-0.15, -0.1) is 0 Å². The van der Waals surface area contributed by atoms with Crippen LogP contribution >= 0.6 is 23.2 Å². The maximum Gasteiger partial charge on any atom is 0.374 e. The van der Waals surface area contributed by atoms with Gasteiger partial charge in [0.15, 0.2) is 0 Å². The van der Waals surface area contributed by atoms with Gasteiger partial charge in [-0.1, -0.05) is 23.2 Å². The number of hydrogen-bond acceptors (Lipinski definition) is 4. The van der Waals surface area contributed by atoms with Gasteiger partial charge in [0.25, 0.3) is 0 Å². The first-order chi connectivity index (χ1) is 9.95. The number of halogens is 2. The summed E-state index contributed by atoms with van der Waals surface area (Å²) in [6.07, 6.45) is -0.201. The third kappa shape index (κ3) is 4.41. The number of rotatable bonds is 5. The fourth-order valence-electron chi connectivity index (χ4n) is 1.57. The summed E-state index contributed by atoms with van der Waals surface area (Å²) in [5.74, 6) is 0.574. The second kappa shape index (κ2) is 6.87. The minimum Gasteiger partial charge on any atom is -0.484 e. The van der Waals surface area contributed by atoms with Gasteiger partial charge < -0.3 is 13.9 Å². The van der Waals surface area contributed by atoms with Crippen LogP contribution in [0.2, 0.25) is 10.0 Å². The van der Waals surface area contributed by atoms with Gasteiger partial charge in [-0.2, -0.15) is 0 Å². The molecule has 0 saturated heterocycles. The maximum absolute atomic E-state index is 11.6. The van der Waals surface area contributed by atoms with Crippen molar-refractivity contribution in [2.45, 2.75) is 26.6 Å². The highest BCUT2D eigenvalue weighted by atomic mass is 35.5. The van der Waals surface area contributed by atoms with Crippen molar-refractivity contribution in [2.75, 3.05) is 0 Å². The average Bonchev–Trinajstić information content (AvgIpc) is 2.88. The molecule has 0 amide bonds. The van der Waals surface area contributed by atoms with Crippen molar-refractivity contribution in [2.24, 2.45) is 0 Å². The first kappa shape index (κ1) is 15.7. The molecule has 2 rings (SSSR count). The van der Waals surface area contributed by atoms with Crippen molar-refractivity contribution < 1.29 is 18.7 Å². The molecule has 21 heavy (non-hydrogen) atoms. The van der Waals surface area contributed by atoms with Gasteiger partial charge in [0.2, 0.25) is 5.76 Å². The van der Waals surface area contributed by atoms with Crippen LogP contribution in [0.4, 0.5) is 0 Å². The molecule has 0 saturated carbocycles. The van der Waals surface area contributed by atoms with E-state index in [9.17, 15) is 4.79 Å². The van der Waals surface area contributed by atoms with Gasteiger partial charge in [-0.05, 0) is 38.1 Å². The van der Waals surface area contributed by atoms with E-state index in [-0.39, 0.29) is 18.5 Å². The average molecular weight is 329 g/mol. The van der Waals surface area contributed by atoms with Crippen molar-refractivity contribution in [1.82, 2.24) is 0 Å². The van der Waals surface area contributed by atoms with E-state index >= 15 is 0 Å². The van der Waals surface area contributed by atoms with Crippen molar-refractivity contribution in [3.63, 3.8) is 0 Å². The zero-order chi connectivity index (χ0) is 15.4. The van der Waals surface area contributed by atoms with E-state index in [4.69, 9.17) is 37.1 Å². The molecule has 1 heterocycles. The van der Waals surface area contributed by atoms with Gasteiger partial charge in [0.05, 0.1) is 11.1 Å². The highest BCUT2D eigenvalue weighted by Crippen LogP contribution is 2.28. The van der Waals surface area contributed by atoms with E-state index in [1.165, 1.54) is 0 Å². The van der Waals surface area contributed by atoms with Crippen molar-refractivity contribution >= 4 is 29.2 Å². The molecule has 0 radical (unpaired) electrons. The molecule has 0 spiro atoms. The zero-order valence-corrected chi connectivity index (χ0v) is 13.1. The summed E-state index contributed by atoms with van der Waals surface area (Å²) >= 11 is 11.9. The summed E-state index contributed by atoms with van der Waals surface area (Å²) < 4.78 is 15.9. The Kier molecular flexibility index (Phi) is 5.15. The van der Waals surface area contributed by atoms with Crippen LogP contribution in [-0.2, 0) is 11.3 Å². The van der Waals surface area contributed by atoms with Crippen LogP contribution in [0, 0.1) is 0 Å². The summed E-state index contributed by atoms with van der Waals surface area (Å²) in [5.41, 5.74) is 0. The fourth-order valence-corrected chi connectivity index (χ4v) is 1.91. The van der Waals surface area contributed by atoms with E-state index in [1.54, 1.807) is 44.2 Å². The van der Waals surface area contributed by atoms with Crippen molar-refractivity contribution in [1.29, 1.82) is 0 Å². The van der Waals surface area contributed by atoms with E-state index in [2.05, 4.69) is 0 Å². The topological polar surface area (TPSA) is 48.7 Å². The van der Waals surface area contributed by atoms with Gasteiger partial charge in [-0.25, -0.2) is 4.79 Å². The monoisotopic (exact) mass is 328 g/mol. The lowest BCUT2D eigenvalue weighted by Gasteiger charge is -2.07. The Balaban J connectivity index is 2.00. The summed E-state index contributed by atoms with van der Waals surface area (Å²) in [6.45, 7) is 3.67. The molecule has 4 nitrogen and oxygen atoms in total. The fraction of sp³-hybridized carbons (Fsp3) is 0.267. The van der Waals surface area contributed by atoms with E-state index in [0.29, 0.717) is 21.6 Å². The molecular weight excluding hydrogens is 315 g/mol. The third-order valence-corrected chi connectivity index (χ3v) is 3.02. The molecule has 2 aromatic rings. The normalized spacial score (nSPS) is 10.7. The molecule has 0 N–H and O–H groups in total. The smallest absolute Gasteiger partial charge is 0.374 e. The van der Waals surface area contributed by atoms with Gasteiger partial charge >= 0.3 is 5.97 Å². The molecule has 112 valence electrons. The molecule has 1 aromatic heterocycles. The van der Waals surface area contributed by atoms with Crippen LogP contribution < -0.4 is 4.74 Å². The highest BCUT2D eigenvalue weighted by Gasteiger charge is 2.14. The Morgan fingerprint density at radius 1 is 1.24 bits per heavy atom. The van der Waals surface area contributed by atoms with Crippen LogP contribution in [0.15, 0.2) is 34.7 Å². The molecular formula is C15H14Cl2O4. The first-order valence-electron chi connectivity index (χ1n) is 6.33. The molecule has 6 heteroatoms. The first-order valence-corrected chi connectivity index (χ1v) is 7.09. The lowest BCUT2D eigenvalue weighted by atomic mass is 10.3. The van der Waals surface area contributed by atoms with Crippen LogP contribution in [0.25, 0.3) is 0 Å². The van der Waals surface area contributed by atoms with Crippen LogP contribution in [0.1, 0.15) is 30.2 Å². The van der Waals surface area contributed by atoms with Gasteiger partial charge in [-0.3, -0.25) is 0 Å². The second-order valence-electron chi connectivity index (χ2n) is 4.58. The van der Waals surface area contributed by atoms with E-state index in [1.807, 2.05) is 0 Å². The summed E-state index contributed by atoms with van der Waals surface area (Å²) in [6, 6.07) is 8.12. The number of esters is 1. The number of furan rings is 1. The number of carbonyl (C=O) groups excluding carboxylic acids is 1. The maximum atomic E-state index is 11.6. The molecule has 0 aliphatic carbocycles. The molecule has 1 aromatic carbocycles. The van der Waals surface area contributed by atoms with Gasteiger partial charge in [0, 0.05) is 11.1 Å². The molecule has 0 bridgehead atoms. The molecule has 0 aliphatic rings. The molecule has 0 aliphatic heterocycles. The van der Waals surface area contributed by atoms with Crippen LogP contribution in [-0.4, -0.2) is 12.1 Å². The molecule has 0 atom stereocenters. The summed E-state index contributed by atoms with van der Waals surface area (Å²) in [7, 11) is 0. The Labute approximate surface area is 132 Å². The Morgan fingerprint density at radius 2 is 2.00 bits per heavy atom. The number of hydrogen-bond donors (Lipinski definition) is 0. The largest absolute Gasteiger partial charge is 0.484 e. The van der Waals surface area contributed by atoms with Crippen LogP contribution in [0.5, 0.6) is 5.75 Å². The number of ether oxygens (including phenoxy) is 2. The Hall–Kier alpha value is -1.65. The second-order valence-corrected chi connectivity index (χ2v) is 5.43. The van der Waals surface area contributed by atoms with Crippen molar-refractivity contribution in [3.05, 3.63) is 51.9 Å². The highest BCUT2D eigenvalue weighted by molar-refractivity contribution is 6.34. The lowest BCUT2D eigenvalue weighted by Crippen LogP contribution is -2.10. The standard InChI is InChI=1S/C15H14Cl2O4/c1-9(2)20-15(18)13-6-4-11(21-13)8-19-14-7-10(16)3-5-12(14)17/h3-7,9H,8H2,1-2H3. The Morgan fingerprint density at radius 3 is 2.71 bits per heavy atom. The van der Waals surface area contributed by atoms with E-state index in [0.717, 1.165) is 0 Å². The minimum atomic E-state index is -0.503. The Bertz CT molecular complexity index is 634. The zero-order valence-electron chi connectivity index (χ0n) is 11.6. The minimum absolute atomic E-state index is 0.134. The predicted molar refractivity (Wildman–Crippen MR) is 80.1 cm³/mol. The molecule has 0 unspecified atom stereocenters. The summed E-state index contributed by atoms with van der Waals surface area (Å²) in [5, 5.41) is 0.973. The number of benzene rings is 1. The molecule has 0 fully saturated rings. The quantitative estimate of drug-likeness (QED) is 0.744. The summed E-state index contributed by atoms with van der Waals surface area (Å²) in [4.78, 5) is 11.6. The number of carbonyl (C=O) groups is 1. The van der Waals surface area contributed by atoms with Gasteiger partial charge in [0.1, 0.15) is 18.1 Å². The van der Waals surface area contributed by atoms with Crippen molar-refractivity contribution in [3.8, 4) is 5.75 Å². The van der Waals surface area contributed by atoms with Crippen LogP contribution in [0.3, 0.4) is 0 Å². The third-order valence-electron chi connectivity index (χ3n) is 2.47. The SMILES string of the molecule is CC(C)OC(=O)c1ccc(COc2cc(Cl)ccc2Cl)o1.